The van der Waals surface area contributed by atoms with Crippen LogP contribution in [0, 0.1) is 0 Å². The molecule has 8 heteroatoms. The van der Waals surface area contributed by atoms with Crippen molar-refractivity contribution in [2.24, 2.45) is 0 Å². The summed E-state index contributed by atoms with van der Waals surface area (Å²) >= 11 is 0. The first kappa shape index (κ1) is 13.9. The Bertz CT molecular complexity index is 831. The monoisotopic (exact) mass is 311 g/mol. The van der Waals surface area contributed by atoms with Gasteiger partial charge in [0.05, 0.1) is 6.04 Å². The second-order valence-electron chi connectivity index (χ2n) is 5.59. The van der Waals surface area contributed by atoms with Gasteiger partial charge in [0.25, 0.3) is 5.91 Å². The van der Waals surface area contributed by atoms with Crippen molar-refractivity contribution in [3.05, 3.63) is 42.4 Å². The summed E-state index contributed by atoms with van der Waals surface area (Å²) in [5.41, 5.74) is 1.06. The van der Waals surface area contributed by atoms with Gasteiger partial charge >= 0.3 is 0 Å². The predicted molar refractivity (Wildman–Crippen MR) is 84.3 cm³/mol. The summed E-state index contributed by atoms with van der Waals surface area (Å²) < 4.78 is 3.59. The van der Waals surface area contributed by atoms with Crippen LogP contribution >= 0.6 is 0 Å². The van der Waals surface area contributed by atoms with Crippen molar-refractivity contribution in [2.45, 2.75) is 18.9 Å². The lowest BCUT2D eigenvalue weighted by Gasteiger charge is -2.22. The van der Waals surface area contributed by atoms with Crippen molar-refractivity contribution in [2.75, 3.05) is 18.4 Å². The van der Waals surface area contributed by atoms with Crippen molar-refractivity contribution in [3.63, 3.8) is 0 Å². The lowest BCUT2D eigenvalue weighted by atomic mass is 10.1. The zero-order valence-electron chi connectivity index (χ0n) is 12.5. The van der Waals surface area contributed by atoms with Crippen LogP contribution in [0.1, 0.15) is 29.4 Å². The van der Waals surface area contributed by atoms with Gasteiger partial charge in [-0.15, -0.1) is 10.2 Å². The molecule has 0 aromatic carbocycles. The summed E-state index contributed by atoms with van der Waals surface area (Å²) in [5.74, 6) is 0.102. The molecule has 1 amide bonds. The number of carbonyl (C=O) groups excluding carboxylic acids is 1. The van der Waals surface area contributed by atoms with Crippen LogP contribution in [0.2, 0.25) is 0 Å². The fraction of sp³-hybridized carbons (Fsp3) is 0.333. The Balaban J connectivity index is 1.52. The highest BCUT2D eigenvalue weighted by Crippen LogP contribution is 2.16. The average Bonchev–Trinajstić information content (AvgIpc) is 3.24. The van der Waals surface area contributed by atoms with E-state index in [0.717, 1.165) is 25.9 Å². The van der Waals surface area contributed by atoms with Crippen LogP contribution in [0.4, 0.5) is 5.95 Å². The van der Waals surface area contributed by atoms with E-state index in [1.54, 1.807) is 16.7 Å². The summed E-state index contributed by atoms with van der Waals surface area (Å²) in [5, 5.41) is 18.5. The Hall–Kier alpha value is -2.74. The SMILES string of the molecule is O=C(Nc1nnc2ccccn12)c1ccn(C2CCCNC2)n1. The van der Waals surface area contributed by atoms with Gasteiger partial charge < -0.3 is 5.32 Å². The first-order valence-electron chi connectivity index (χ1n) is 7.68. The minimum Gasteiger partial charge on any atom is -0.315 e. The van der Waals surface area contributed by atoms with E-state index in [1.807, 2.05) is 29.1 Å². The van der Waals surface area contributed by atoms with Gasteiger partial charge in [0.2, 0.25) is 5.95 Å². The number of hydrogen-bond acceptors (Lipinski definition) is 5. The van der Waals surface area contributed by atoms with E-state index in [4.69, 9.17) is 0 Å². The molecule has 1 aliphatic heterocycles. The molecule has 0 saturated carbocycles. The minimum absolute atomic E-state index is 0.286. The van der Waals surface area contributed by atoms with Gasteiger partial charge in [0.1, 0.15) is 0 Å². The maximum absolute atomic E-state index is 12.4. The van der Waals surface area contributed by atoms with Crippen molar-refractivity contribution in [1.82, 2.24) is 29.7 Å². The molecule has 1 fully saturated rings. The number of rotatable bonds is 3. The quantitative estimate of drug-likeness (QED) is 0.756. The number of carbonyl (C=O) groups is 1. The van der Waals surface area contributed by atoms with Crippen molar-refractivity contribution < 1.29 is 4.79 Å². The molecule has 23 heavy (non-hydrogen) atoms. The second kappa shape index (κ2) is 5.81. The van der Waals surface area contributed by atoms with Crippen LogP contribution in [-0.4, -0.2) is 43.4 Å². The number of fused-ring (bicyclic) bond motifs is 1. The second-order valence-corrected chi connectivity index (χ2v) is 5.59. The Kier molecular flexibility index (Phi) is 3.51. The van der Waals surface area contributed by atoms with Crippen molar-refractivity contribution >= 4 is 17.5 Å². The Morgan fingerprint density at radius 1 is 1.26 bits per heavy atom. The minimum atomic E-state index is -0.286. The van der Waals surface area contributed by atoms with E-state index in [1.165, 1.54) is 0 Å². The number of aromatic nitrogens is 5. The van der Waals surface area contributed by atoms with E-state index in [-0.39, 0.29) is 5.91 Å². The van der Waals surface area contributed by atoms with E-state index in [0.29, 0.717) is 23.3 Å². The highest BCUT2D eigenvalue weighted by molar-refractivity contribution is 6.01. The zero-order valence-corrected chi connectivity index (χ0v) is 12.5. The van der Waals surface area contributed by atoms with Crippen molar-refractivity contribution in [3.8, 4) is 0 Å². The smallest absolute Gasteiger partial charge is 0.278 e. The van der Waals surface area contributed by atoms with E-state index < -0.39 is 0 Å². The number of nitrogens with one attached hydrogen (secondary N) is 2. The molecule has 1 saturated heterocycles. The lowest BCUT2D eigenvalue weighted by molar-refractivity contribution is 0.102. The first-order valence-corrected chi connectivity index (χ1v) is 7.68. The Labute approximate surface area is 132 Å². The van der Waals surface area contributed by atoms with Crippen LogP contribution < -0.4 is 10.6 Å². The summed E-state index contributed by atoms with van der Waals surface area (Å²) in [6.07, 6.45) is 5.86. The van der Waals surface area contributed by atoms with Crippen molar-refractivity contribution in [1.29, 1.82) is 0 Å². The third-order valence-electron chi connectivity index (χ3n) is 4.03. The molecule has 4 rings (SSSR count). The number of piperidine rings is 1. The Morgan fingerprint density at radius 2 is 2.22 bits per heavy atom. The molecular formula is C15H17N7O. The molecule has 3 aromatic rings. The normalized spacial score (nSPS) is 18.2. The number of nitrogens with zero attached hydrogens (tertiary/aromatic N) is 5. The number of amides is 1. The predicted octanol–water partition coefficient (Wildman–Crippen LogP) is 1.10. The third kappa shape index (κ3) is 2.68. The summed E-state index contributed by atoms with van der Waals surface area (Å²) in [7, 11) is 0. The third-order valence-corrected chi connectivity index (χ3v) is 4.03. The molecule has 8 nitrogen and oxygen atoms in total. The fourth-order valence-electron chi connectivity index (χ4n) is 2.81. The van der Waals surface area contributed by atoms with E-state index >= 15 is 0 Å². The molecule has 4 heterocycles. The summed E-state index contributed by atoms with van der Waals surface area (Å²) in [6.45, 7) is 1.93. The van der Waals surface area contributed by atoms with Gasteiger partial charge in [-0.3, -0.25) is 19.2 Å². The van der Waals surface area contributed by atoms with Gasteiger partial charge in [-0.2, -0.15) is 5.10 Å². The van der Waals surface area contributed by atoms with Gasteiger partial charge in [-0.1, -0.05) is 6.07 Å². The molecule has 1 aliphatic rings. The largest absolute Gasteiger partial charge is 0.315 e. The summed E-state index contributed by atoms with van der Waals surface area (Å²) in [6, 6.07) is 7.59. The van der Waals surface area contributed by atoms with E-state index in [9.17, 15) is 4.79 Å². The Morgan fingerprint density at radius 3 is 3.09 bits per heavy atom. The average molecular weight is 311 g/mol. The molecule has 0 spiro atoms. The fourth-order valence-corrected chi connectivity index (χ4v) is 2.81. The summed E-state index contributed by atoms with van der Waals surface area (Å²) in [4.78, 5) is 12.4. The van der Waals surface area contributed by atoms with Crippen LogP contribution in [0.25, 0.3) is 5.65 Å². The molecule has 118 valence electrons. The molecule has 2 N–H and O–H groups in total. The molecule has 1 atom stereocenters. The van der Waals surface area contributed by atoms with Gasteiger partial charge in [-0.05, 0) is 37.6 Å². The standard InChI is InChI=1S/C15H17N7O/c23-14(17-15-19-18-13-5-1-2-8-21(13)15)12-6-9-22(20-12)11-4-3-7-16-10-11/h1-2,5-6,8-9,11,16H,3-4,7,10H2,(H,17,19,23). The molecule has 0 bridgehead atoms. The highest BCUT2D eigenvalue weighted by atomic mass is 16.2. The molecular weight excluding hydrogens is 294 g/mol. The number of hydrogen-bond donors (Lipinski definition) is 2. The molecule has 0 aliphatic carbocycles. The molecule has 0 radical (unpaired) electrons. The number of anilines is 1. The van der Waals surface area contributed by atoms with Gasteiger partial charge in [0.15, 0.2) is 11.3 Å². The van der Waals surface area contributed by atoms with Gasteiger partial charge in [-0.25, -0.2) is 0 Å². The molecule has 1 unspecified atom stereocenters. The van der Waals surface area contributed by atoms with Crippen LogP contribution in [0.3, 0.4) is 0 Å². The number of pyridine rings is 1. The topological polar surface area (TPSA) is 89.1 Å². The zero-order chi connectivity index (χ0) is 15.6. The van der Waals surface area contributed by atoms with Gasteiger partial charge in [0, 0.05) is 18.9 Å². The maximum atomic E-state index is 12.4. The van der Waals surface area contributed by atoms with Crippen LogP contribution in [-0.2, 0) is 0 Å². The maximum Gasteiger partial charge on any atom is 0.278 e. The van der Waals surface area contributed by atoms with E-state index in [2.05, 4.69) is 25.9 Å². The molecule has 3 aromatic heterocycles. The lowest BCUT2D eigenvalue weighted by Crippen LogP contribution is -2.32. The van der Waals surface area contributed by atoms with Crippen LogP contribution in [0.5, 0.6) is 0 Å². The highest BCUT2D eigenvalue weighted by Gasteiger charge is 2.18. The first-order chi connectivity index (χ1) is 11.3. The van der Waals surface area contributed by atoms with Crippen LogP contribution in [0.15, 0.2) is 36.7 Å².